The average molecular weight is 353 g/mol. The van der Waals surface area contributed by atoms with E-state index in [-0.39, 0.29) is 24.2 Å². The van der Waals surface area contributed by atoms with Crippen LogP contribution in [0.4, 0.5) is 0 Å². The summed E-state index contributed by atoms with van der Waals surface area (Å²) in [4.78, 5) is 29.4. The highest BCUT2D eigenvalue weighted by Crippen LogP contribution is 2.44. The second kappa shape index (κ2) is 6.27. The molecule has 4 rings (SSSR count). The molecule has 0 aliphatic carbocycles. The van der Waals surface area contributed by atoms with Gasteiger partial charge < -0.3 is 14.3 Å². The number of carbonyl (C=O) groups is 2. The van der Waals surface area contributed by atoms with E-state index in [2.05, 4.69) is 18.7 Å². The predicted octanol–water partition coefficient (Wildman–Crippen LogP) is 2.25. The normalized spacial score (nSPS) is 25.6. The number of rotatable bonds is 4. The topological polar surface area (TPSA) is 66.7 Å². The van der Waals surface area contributed by atoms with E-state index >= 15 is 0 Å². The Kier molecular flexibility index (Phi) is 4.05. The third kappa shape index (κ3) is 2.52. The second-order valence-electron chi connectivity index (χ2n) is 7.42. The smallest absolute Gasteiger partial charge is 0.231 e. The van der Waals surface area contributed by atoms with Crippen LogP contribution in [0, 0.1) is 11.3 Å². The predicted molar refractivity (Wildman–Crippen MR) is 97.3 cm³/mol. The van der Waals surface area contributed by atoms with Crippen LogP contribution in [0.1, 0.15) is 19.0 Å². The quantitative estimate of drug-likeness (QED) is 0.791. The zero-order chi connectivity index (χ0) is 18.3. The monoisotopic (exact) mass is 353 g/mol. The minimum Gasteiger partial charge on any atom is -0.356 e. The van der Waals surface area contributed by atoms with Crippen molar-refractivity contribution in [3.63, 3.8) is 0 Å². The van der Waals surface area contributed by atoms with E-state index in [1.807, 2.05) is 34.1 Å². The largest absolute Gasteiger partial charge is 0.356 e. The van der Waals surface area contributed by atoms with Gasteiger partial charge in [-0.05, 0) is 24.5 Å². The molecule has 2 fully saturated rings. The van der Waals surface area contributed by atoms with Gasteiger partial charge in [0.25, 0.3) is 0 Å². The Labute approximate surface area is 152 Å². The molecule has 0 bridgehead atoms. The first-order valence-corrected chi connectivity index (χ1v) is 9.06. The molecule has 2 amide bonds. The van der Waals surface area contributed by atoms with Crippen LogP contribution in [0.15, 0.2) is 41.4 Å². The van der Waals surface area contributed by atoms with E-state index in [1.54, 1.807) is 6.08 Å². The summed E-state index contributed by atoms with van der Waals surface area (Å²) in [5.74, 6) is 0.317. The molecule has 26 heavy (non-hydrogen) atoms. The van der Waals surface area contributed by atoms with Crippen LogP contribution in [0.3, 0.4) is 0 Å². The number of hydrogen-bond acceptors (Lipinski definition) is 4. The lowest BCUT2D eigenvalue weighted by molar-refractivity contribution is -0.137. The SMILES string of the molecule is C=CCN1CC[C@]2(CN(C(=O)Cc3noc4ccccc34)C[C@H]2C)C1=O. The van der Waals surface area contributed by atoms with Crippen LogP contribution in [0.25, 0.3) is 11.0 Å². The van der Waals surface area contributed by atoms with Crippen LogP contribution in [0.5, 0.6) is 0 Å². The summed E-state index contributed by atoms with van der Waals surface area (Å²) in [5.41, 5.74) is 0.905. The molecular weight excluding hydrogens is 330 g/mol. The van der Waals surface area contributed by atoms with Crippen molar-refractivity contribution in [2.45, 2.75) is 19.8 Å². The summed E-state index contributed by atoms with van der Waals surface area (Å²) < 4.78 is 5.29. The van der Waals surface area contributed by atoms with E-state index in [0.29, 0.717) is 30.9 Å². The first-order valence-electron chi connectivity index (χ1n) is 9.06. The van der Waals surface area contributed by atoms with Gasteiger partial charge >= 0.3 is 0 Å². The minimum absolute atomic E-state index is 0.00255. The van der Waals surface area contributed by atoms with Crippen molar-refractivity contribution in [3.05, 3.63) is 42.6 Å². The maximum absolute atomic E-state index is 12.9. The average Bonchev–Trinajstić information content (AvgIpc) is 3.29. The van der Waals surface area contributed by atoms with Gasteiger partial charge in [0.15, 0.2) is 5.58 Å². The van der Waals surface area contributed by atoms with Crippen molar-refractivity contribution in [1.82, 2.24) is 15.0 Å². The van der Waals surface area contributed by atoms with E-state index in [1.165, 1.54) is 0 Å². The van der Waals surface area contributed by atoms with Crippen molar-refractivity contribution in [2.75, 3.05) is 26.2 Å². The second-order valence-corrected chi connectivity index (χ2v) is 7.42. The van der Waals surface area contributed by atoms with E-state index in [4.69, 9.17) is 4.52 Å². The number of benzene rings is 1. The summed E-state index contributed by atoms with van der Waals surface area (Å²) in [7, 11) is 0. The van der Waals surface area contributed by atoms with Crippen molar-refractivity contribution >= 4 is 22.8 Å². The summed E-state index contributed by atoms with van der Waals surface area (Å²) in [6, 6.07) is 7.54. The van der Waals surface area contributed by atoms with Gasteiger partial charge in [0.1, 0.15) is 5.69 Å². The van der Waals surface area contributed by atoms with E-state index in [0.717, 1.165) is 18.4 Å². The molecule has 1 spiro atoms. The van der Waals surface area contributed by atoms with Gasteiger partial charge in [-0.3, -0.25) is 9.59 Å². The molecule has 2 aliphatic heterocycles. The molecule has 0 saturated carbocycles. The third-order valence-corrected chi connectivity index (χ3v) is 5.92. The first-order chi connectivity index (χ1) is 12.5. The van der Waals surface area contributed by atoms with Crippen LogP contribution < -0.4 is 0 Å². The Morgan fingerprint density at radius 1 is 1.46 bits per heavy atom. The molecule has 1 aromatic carbocycles. The molecule has 136 valence electrons. The highest BCUT2D eigenvalue weighted by molar-refractivity contribution is 5.89. The molecule has 2 aliphatic rings. The van der Waals surface area contributed by atoms with Gasteiger partial charge in [-0.25, -0.2) is 0 Å². The van der Waals surface area contributed by atoms with E-state index in [9.17, 15) is 9.59 Å². The first kappa shape index (κ1) is 16.8. The Morgan fingerprint density at radius 3 is 3.08 bits per heavy atom. The molecule has 2 atom stereocenters. The maximum Gasteiger partial charge on any atom is 0.231 e. The molecule has 0 unspecified atom stereocenters. The number of carbonyl (C=O) groups excluding carboxylic acids is 2. The highest BCUT2D eigenvalue weighted by atomic mass is 16.5. The van der Waals surface area contributed by atoms with Crippen molar-refractivity contribution in [2.24, 2.45) is 11.3 Å². The van der Waals surface area contributed by atoms with Crippen LogP contribution >= 0.6 is 0 Å². The zero-order valence-electron chi connectivity index (χ0n) is 15.0. The lowest BCUT2D eigenvalue weighted by Gasteiger charge is -2.26. The highest BCUT2D eigenvalue weighted by Gasteiger charge is 2.55. The molecule has 6 heteroatoms. The summed E-state index contributed by atoms with van der Waals surface area (Å²) in [6.45, 7) is 8.23. The van der Waals surface area contributed by atoms with Gasteiger partial charge in [0.05, 0.1) is 11.8 Å². The van der Waals surface area contributed by atoms with Crippen LogP contribution in [-0.4, -0.2) is 52.9 Å². The molecule has 0 radical (unpaired) electrons. The summed E-state index contributed by atoms with van der Waals surface area (Å²) in [5, 5.41) is 4.93. The molecule has 2 saturated heterocycles. The molecule has 3 heterocycles. The number of para-hydroxylation sites is 1. The Hall–Kier alpha value is -2.63. The summed E-state index contributed by atoms with van der Waals surface area (Å²) >= 11 is 0. The van der Waals surface area contributed by atoms with E-state index < -0.39 is 5.41 Å². The number of aromatic nitrogens is 1. The fourth-order valence-electron chi connectivity index (χ4n) is 4.37. The Bertz CT molecular complexity index is 874. The van der Waals surface area contributed by atoms with Gasteiger partial charge in [-0.15, -0.1) is 6.58 Å². The standard InChI is InChI=1S/C20H23N3O3/c1-3-9-22-10-8-20(19(22)25)13-23(12-14(20)2)18(24)11-16-15-6-4-5-7-17(15)26-21-16/h3-7,14H,1,8-13H2,2H3/t14-,20-/m1/s1. The van der Waals surface area contributed by atoms with Crippen molar-refractivity contribution in [3.8, 4) is 0 Å². The molecule has 1 aromatic heterocycles. The molecule has 2 aromatic rings. The molecule has 6 nitrogen and oxygen atoms in total. The minimum atomic E-state index is -0.440. The molecular formula is C20H23N3O3. The van der Waals surface area contributed by atoms with Gasteiger partial charge in [-0.1, -0.05) is 30.3 Å². The number of amides is 2. The number of nitrogens with zero attached hydrogens (tertiary/aromatic N) is 3. The van der Waals surface area contributed by atoms with Crippen molar-refractivity contribution < 1.29 is 14.1 Å². The van der Waals surface area contributed by atoms with Crippen LogP contribution in [0.2, 0.25) is 0 Å². The number of likely N-dealkylation sites (tertiary alicyclic amines) is 2. The van der Waals surface area contributed by atoms with Gasteiger partial charge in [-0.2, -0.15) is 0 Å². The number of hydrogen-bond donors (Lipinski definition) is 0. The van der Waals surface area contributed by atoms with Crippen LogP contribution in [-0.2, 0) is 16.0 Å². The fraction of sp³-hybridized carbons (Fsp3) is 0.450. The molecule has 0 N–H and O–H groups in total. The third-order valence-electron chi connectivity index (χ3n) is 5.92. The lowest BCUT2D eigenvalue weighted by Crippen LogP contribution is -2.40. The van der Waals surface area contributed by atoms with Crippen molar-refractivity contribution in [1.29, 1.82) is 0 Å². The summed E-state index contributed by atoms with van der Waals surface area (Å²) in [6.07, 6.45) is 2.76. The Morgan fingerprint density at radius 2 is 2.27 bits per heavy atom. The maximum atomic E-state index is 12.9. The Balaban J connectivity index is 1.50. The number of fused-ring (bicyclic) bond motifs is 1. The van der Waals surface area contributed by atoms with Gasteiger partial charge in [0, 0.05) is 31.6 Å². The zero-order valence-corrected chi connectivity index (χ0v) is 15.0. The lowest BCUT2D eigenvalue weighted by atomic mass is 9.78. The fourth-order valence-corrected chi connectivity index (χ4v) is 4.37. The van der Waals surface area contributed by atoms with Gasteiger partial charge in [0.2, 0.25) is 11.8 Å².